The first-order chi connectivity index (χ1) is 8.47. The number of benzene rings is 1. The Kier molecular flexibility index (Phi) is 3.25. The number of nitrogens with zero attached hydrogens (tertiary/aromatic N) is 2. The number of carbonyl (C=O) groups excluding carboxylic acids is 1. The third-order valence-electron chi connectivity index (χ3n) is 2.44. The molecule has 6 heteroatoms. The van der Waals surface area contributed by atoms with Crippen molar-refractivity contribution in [1.82, 2.24) is 9.78 Å². The Balaban J connectivity index is 2.26. The normalized spacial score (nSPS) is 10.4. The molecule has 0 radical (unpaired) electrons. The Morgan fingerprint density at radius 1 is 1.44 bits per heavy atom. The van der Waals surface area contributed by atoms with Gasteiger partial charge in [0.2, 0.25) is 0 Å². The second kappa shape index (κ2) is 4.70. The number of amides is 1. The Labute approximate surface area is 109 Å². The zero-order valence-electron chi connectivity index (χ0n) is 9.94. The standard InChI is InChI=1S/C12H12ClN3O2/c1-7-5-10(16(2)15-7)12(18)14-9-6-8(13)3-4-11(9)17/h3-6,17H,1-2H3,(H,14,18). The zero-order valence-corrected chi connectivity index (χ0v) is 10.7. The minimum Gasteiger partial charge on any atom is -0.506 e. The fourth-order valence-electron chi connectivity index (χ4n) is 1.62. The Morgan fingerprint density at radius 2 is 2.17 bits per heavy atom. The molecule has 0 aliphatic heterocycles. The largest absolute Gasteiger partial charge is 0.506 e. The number of aromatic hydroxyl groups is 1. The van der Waals surface area contributed by atoms with Crippen molar-refractivity contribution in [2.75, 3.05) is 5.32 Å². The average molecular weight is 266 g/mol. The monoisotopic (exact) mass is 265 g/mol. The van der Waals surface area contributed by atoms with E-state index < -0.39 is 0 Å². The number of nitrogens with one attached hydrogen (secondary N) is 1. The summed E-state index contributed by atoms with van der Waals surface area (Å²) in [6.45, 7) is 1.80. The third kappa shape index (κ3) is 2.46. The number of rotatable bonds is 2. The van der Waals surface area contributed by atoms with Crippen LogP contribution < -0.4 is 5.32 Å². The van der Waals surface area contributed by atoms with Gasteiger partial charge in [0.05, 0.1) is 11.4 Å². The van der Waals surface area contributed by atoms with Gasteiger partial charge in [0.1, 0.15) is 11.4 Å². The van der Waals surface area contributed by atoms with Gasteiger partial charge in [0.15, 0.2) is 0 Å². The van der Waals surface area contributed by atoms with Gasteiger partial charge in [0, 0.05) is 12.1 Å². The van der Waals surface area contributed by atoms with E-state index in [1.165, 1.54) is 16.8 Å². The number of hydrogen-bond acceptors (Lipinski definition) is 3. The molecule has 1 heterocycles. The molecule has 1 aromatic heterocycles. The number of halogens is 1. The van der Waals surface area contributed by atoms with Gasteiger partial charge in [0.25, 0.3) is 5.91 Å². The van der Waals surface area contributed by atoms with E-state index in [1.807, 2.05) is 0 Å². The average Bonchev–Trinajstić information content (AvgIpc) is 2.63. The molecule has 0 aliphatic rings. The summed E-state index contributed by atoms with van der Waals surface area (Å²) in [7, 11) is 1.68. The molecule has 2 N–H and O–H groups in total. The van der Waals surface area contributed by atoms with Crippen molar-refractivity contribution in [2.45, 2.75) is 6.92 Å². The molecule has 1 aromatic carbocycles. The number of phenolic OH excluding ortho intramolecular Hbond substituents is 1. The summed E-state index contributed by atoms with van der Waals surface area (Å²) in [5.74, 6) is -0.387. The minimum atomic E-state index is -0.351. The van der Waals surface area contributed by atoms with Crippen molar-refractivity contribution in [3.05, 3.63) is 40.7 Å². The maximum Gasteiger partial charge on any atom is 0.274 e. The summed E-state index contributed by atoms with van der Waals surface area (Å²) >= 11 is 5.80. The number of carbonyl (C=O) groups is 1. The Bertz CT molecular complexity index is 607. The summed E-state index contributed by atoms with van der Waals surface area (Å²) < 4.78 is 1.48. The molecule has 18 heavy (non-hydrogen) atoms. The van der Waals surface area contributed by atoms with Crippen LogP contribution >= 0.6 is 11.6 Å². The van der Waals surface area contributed by atoms with Crippen LogP contribution in [0.4, 0.5) is 5.69 Å². The smallest absolute Gasteiger partial charge is 0.274 e. The highest BCUT2D eigenvalue weighted by molar-refractivity contribution is 6.31. The van der Waals surface area contributed by atoms with Crippen molar-refractivity contribution in [3.63, 3.8) is 0 Å². The van der Waals surface area contributed by atoms with Gasteiger partial charge in [-0.25, -0.2) is 0 Å². The Hall–Kier alpha value is -2.01. The van der Waals surface area contributed by atoms with Gasteiger partial charge in [-0.2, -0.15) is 5.10 Å². The summed E-state index contributed by atoms with van der Waals surface area (Å²) in [5, 5.41) is 16.7. The van der Waals surface area contributed by atoms with Crippen LogP contribution in [-0.4, -0.2) is 20.8 Å². The van der Waals surface area contributed by atoms with Gasteiger partial charge in [-0.3, -0.25) is 9.48 Å². The summed E-state index contributed by atoms with van der Waals surface area (Å²) in [6, 6.07) is 6.11. The minimum absolute atomic E-state index is 0.0355. The van der Waals surface area contributed by atoms with Crippen LogP contribution in [0.25, 0.3) is 0 Å². The molecule has 2 aromatic rings. The molecule has 5 nitrogen and oxygen atoms in total. The quantitative estimate of drug-likeness (QED) is 0.819. The predicted molar refractivity (Wildman–Crippen MR) is 69.0 cm³/mol. The van der Waals surface area contributed by atoms with Crippen LogP contribution in [0, 0.1) is 6.92 Å². The van der Waals surface area contributed by atoms with Gasteiger partial charge in [-0.15, -0.1) is 0 Å². The molecule has 0 saturated carbocycles. The van der Waals surface area contributed by atoms with E-state index in [0.29, 0.717) is 10.7 Å². The first kappa shape index (κ1) is 12.4. The van der Waals surface area contributed by atoms with E-state index in [1.54, 1.807) is 26.1 Å². The lowest BCUT2D eigenvalue weighted by Gasteiger charge is -2.07. The molecule has 94 valence electrons. The molecular weight excluding hydrogens is 254 g/mol. The van der Waals surface area contributed by atoms with E-state index in [9.17, 15) is 9.90 Å². The van der Waals surface area contributed by atoms with Gasteiger partial charge in [-0.1, -0.05) is 11.6 Å². The zero-order chi connectivity index (χ0) is 13.3. The molecule has 0 spiro atoms. The molecule has 0 aliphatic carbocycles. The molecule has 0 bridgehead atoms. The number of phenols is 1. The highest BCUT2D eigenvalue weighted by Crippen LogP contribution is 2.26. The molecule has 0 unspecified atom stereocenters. The lowest BCUT2D eigenvalue weighted by molar-refractivity contribution is 0.101. The first-order valence-corrected chi connectivity index (χ1v) is 5.65. The highest BCUT2D eigenvalue weighted by atomic mass is 35.5. The van der Waals surface area contributed by atoms with Crippen molar-refractivity contribution in [2.24, 2.45) is 7.05 Å². The second-order valence-electron chi connectivity index (χ2n) is 3.91. The van der Waals surface area contributed by atoms with E-state index in [4.69, 9.17) is 11.6 Å². The van der Waals surface area contributed by atoms with Gasteiger partial charge in [-0.05, 0) is 31.2 Å². The van der Waals surface area contributed by atoms with Crippen molar-refractivity contribution in [3.8, 4) is 5.75 Å². The van der Waals surface area contributed by atoms with Crippen LogP contribution in [0.15, 0.2) is 24.3 Å². The van der Waals surface area contributed by atoms with Crippen LogP contribution in [0.5, 0.6) is 5.75 Å². The van der Waals surface area contributed by atoms with Gasteiger partial charge < -0.3 is 10.4 Å². The number of aromatic nitrogens is 2. The van der Waals surface area contributed by atoms with Crippen LogP contribution in [-0.2, 0) is 7.05 Å². The number of hydrogen-bond donors (Lipinski definition) is 2. The third-order valence-corrected chi connectivity index (χ3v) is 2.68. The topological polar surface area (TPSA) is 67.2 Å². The van der Waals surface area contributed by atoms with Crippen LogP contribution in [0.1, 0.15) is 16.2 Å². The van der Waals surface area contributed by atoms with E-state index in [2.05, 4.69) is 10.4 Å². The molecule has 0 saturated heterocycles. The van der Waals surface area contributed by atoms with Gasteiger partial charge >= 0.3 is 0 Å². The van der Waals surface area contributed by atoms with Crippen LogP contribution in [0.2, 0.25) is 5.02 Å². The summed E-state index contributed by atoms with van der Waals surface area (Å²) in [5.41, 5.74) is 1.43. The van der Waals surface area contributed by atoms with E-state index in [0.717, 1.165) is 5.69 Å². The lowest BCUT2D eigenvalue weighted by Crippen LogP contribution is -2.16. The highest BCUT2D eigenvalue weighted by Gasteiger charge is 2.13. The first-order valence-electron chi connectivity index (χ1n) is 5.28. The van der Waals surface area contributed by atoms with Crippen molar-refractivity contribution in [1.29, 1.82) is 0 Å². The second-order valence-corrected chi connectivity index (χ2v) is 4.35. The summed E-state index contributed by atoms with van der Waals surface area (Å²) in [4.78, 5) is 12.0. The number of aryl methyl sites for hydroxylation is 2. The maximum atomic E-state index is 12.0. The molecular formula is C12H12ClN3O2. The molecule has 2 rings (SSSR count). The fraction of sp³-hybridized carbons (Fsp3) is 0.167. The maximum absolute atomic E-state index is 12.0. The molecule has 1 amide bonds. The molecule has 0 fully saturated rings. The van der Waals surface area contributed by atoms with E-state index in [-0.39, 0.29) is 17.3 Å². The Morgan fingerprint density at radius 3 is 2.78 bits per heavy atom. The van der Waals surface area contributed by atoms with Crippen molar-refractivity contribution >= 4 is 23.2 Å². The fourth-order valence-corrected chi connectivity index (χ4v) is 1.79. The number of anilines is 1. The van der Waals surface area contributed by atoms with Crippen molar-refractivity contribution < 1.29 is 9.90 Å². The summed E-state index contributed by atoms with van der Waals surface area (Å²) in [6.07, 6.45) is 0. The van der Waals surface area contributed by atoms with E-state index >= 15 is 0 Å². The van der Waals surface area contributed by atoms with Crippen LogP contribution in [0.3, 0.4) is 0 Å². The lowest BCUT2D eigenvalue weighted by atomic mass is 10.2. The molecule has 0 atom stereocenters. The predicted octanol–water partition coefficient (Wildman–Crippen LogP) is 2.34. The SMILES string of the molecule is Cc1cc(C(=O)Nc2cc(Cl)ccc2O)n(C)n1.